The van der Waals surface area contributed by atoms with Gasteiger partial charge in [-0.25, -0.2) is 0 Å². The van der Waals surface area contributed by atoms with Crippen LogP contribution >= 0.6 is 0 Å². The van der Waals surface area contributed by atoms with Crippen molar-refractivity contribution in [2.45, 2.75) is 63.5 Å². The number of carbonyl (C=O) groups excluding carboxylic acids is 1. The molecule has 0 bridgehead atoms. The van der Waals surface area contributed by atoms with Crippen molar-refractivity contribution < 1.29 is 18.0 Å². The normalized spacial score (nSPS) is 19.7. The summed E-state index contributed by atoms with van der Waals surface area (Å²) in [4.78, 5) is 17.3. The molecule has 1 saturated carbocycles. The molecule has 7 nitrogen and oxygen atoms in total. The first-order chi connectivity index (χ1) is 18.1. The largest absolute Gasteiger partial charge is 0.416 e. The average molecular weight is 525 g/mol. The molecule has 2 aromatic carbocycles. The fourth-order valence-corrected chi connectivity index (χ4v) is 5.76. The Balaban J connectivity index is 1.33. The number of hydrogen-bond acceptors (Lipinski definition) is 5. The zero-order chi connectivity index (χ0) is 26.7. The molecule has 200 valence electrons. The highest BCUT2D eigenvalue weighted by Gasteiger charge is 2.41. The van der Waals surface area contributed by atoms with Crippen LogP contribution in [0.2, 0.25) is 0 Å². The maximum absolute atomic E-state index is 14.2. The number of halogens is 3. The second kappa shape index (κ2) is 9.20. The predicted molar refractivity (Wildman–Crippen MR) is 137 cm³/mol. The van der Waals surface area contributed by atoms with Crippen molar-refractivity contribution in [2.24, 2.45) is 7.05 Å². The fourth-order valence-electron chi connectivity index (χ4n) is 5.76. The van der Waals surface area contributed by atoms with Crippen LogP contribution in [0.1, 0.15) is 77.1 Å². The maximum atomic E-state index is 14.2. The molecule has 3 heterocycles. The van der Waals surface area contributed by atoms with Crippen molar-refractivity contribution in [3.63, 3.8) is 0 Å². The third kappa shape index (κ3) is 4.39. The first-order valence-electron chi connectivity index (χ1n) is 13.1. The molecule has 1 saturated heterocycles. The molecule has 1 atom stereocenters. The van der Waals surface area contributed by atoms with E-state index in [0.717, 1.165) is 50.2 Å². The molecule has 6 rings (SSSR count). The molecule has 10 heteroatoms. The Hall–Kier alpha value is -3.24. The topological polar surface area (TPSA) is 66.3 Å². The van der Waals surface area contributed by atoms with Crippen LogP contribution in [0.3, 0.4) is 0 Å². The van der Waals surface area contributed by atoms with Crippen molar-refractivity contribution in [3.05, 3.63) is 76.4 Å². The Morgan fingerprint density at radius 1 is 1.13 bits per heavy atom. The van der Waals surface area contributed by atoms with Crippen molar-refractivity contribution in [1.82, 2.24) is 25.0 Å². The van der Waals surface area contributed by atoms with Gasteiger partial charge >= 0.3 is 6.18 Å². The number of nitrogens with zero attached hydrogens (tertiary/aromatic N) is 5. The quantitative estimate of drug-likeness (QED) is 0.480. The van der Waals surface area contributed by atoms with Gasteiger partial charge in [-0.2, -0.15) is 13.2 Å². The molecular formula is C28H31F3N6O. The molecule has 1 aromatic heterocycles. The van der Waals surface area contributed by atoms with E-state index in [2.05, 4.69) is 27.3 Å². The van der Waals surface area contributed by atoms with Gasteiger partial charge in [-0.05, 0) is 73.6 Å². The van der Waals surface area contributed by atoms with Crippen LogP contribution in [0, 0.1) is 0 Å². The SMILES string of the molecule is Cn1cnnc1C(c1cccc(N2Cc3c(cc(CNC4(C)CCC4)cc3C(F)(F)F)C2=O)c1)N1CCC1. The molecule has 0 spiro atoms. The van der Waals surface area contributed by atoms with E-state index in [0.29, 0.717) is 17.8 Å². The molecule has 0 radical (unpaired) electrons. The van der Waals surface area contributed by atoms with Gasteiger partial charge in [-0.3, -0.25) is 9.69 Å². The lowest BCUT2D eigenvalue weighted by Gasteiger charge is -2.39. The summed E-state index contributed by atoms with van der Waals surface area (Å²) in [5.41, 5.74) is 1.38. The molecular weight excluding hydrogens is 493 g/mol. The Kier molecular flexibility index (Phi) is 6.07. The van der Waals surface area contributed by atoms with E-state index in [4.69, 9.17) is 0 Å². The first-order valence-corrected chi connectivity index (χ1v) is 13.1. The van der Waals surface area contributed by atoms with Gasteiger partial charge in [-0.15, -0.1) is 10.2 Å². The summed E-state index contributed by atoms with van der Waals surface area (Å²) >= 11 is 0. The van der Waals surface area contributed by atoms with Crippen molar-refractivity contribution in [1.29, 1.82) is 0 Å². The molecule has 2 fully saturated rings. The molecule has 3 aliphatic rings. The Labute approximate surface area is 219 Å². The smallest absolute Gasteiger partial charge is 0.319 e. The first kappa shape index (κ1) is 25.1. The third-order valence-corrected chi connectivity index (χ3v) is 8.33. The predicted octanol–water partition coefficient (Wildman–Crippen LogP) is 4.82. The van der Waals surface area contributed by atoms with Gasteiger partial charge in [-0.1, -0.05) is 12.1 Å². The number of alkyl halides is 3. The lowest BCUT2D eigenvalue weighted by molar-refractivity contribution is -0.138. The number of rotatable bonds is 7. The van der Waals surface area contributed by atoms with E-state index < -0.39 is 17.6 Å². The van der Waals surface area contributed by atoms with Crippen LogP contribution in [0.5, 0.6) is 0 Å². The van der Waals surface area contributed by atoms with Crippen LogP contribution in [-0.2, 0) is 26.3 Å². The van der Waals surface area contributed by atoms with Crippen LogP contribution in [-0.4, -0.2) is 44.2 Å². The summed E-state index contributed by atoms with van der Waals surface area (Å²) in [6.45, 7) is 4.10. The van der Waals surface area contributed by atoms with Gasteiger partial charge in [0.15, 0.2) is 5.82 Å². The van der Waals surface area contributed by atoms with E-state index in [-0.39, 0.29) is 29.3 Å². The van der Waals surface area contributed by atoms with Gasteiger partial charge < -0.3 is 14.8 Å². The highest BCUT2D eigenvalue weighted by atomic mass is 19.4. The number of anilines is 1. The van der Waals surface area contributed by atoms with Gasteiger partial charge in [0, 0.05) is 43.5 Å². The second-order valence-electron chi connectivity index (χ2n) is 11.0. The van der Waals surface area contributed by atoms with Crippen LogP contribution in [0.4, 0.5) is 18.9 Å². The minimum absolute atomic E-state index is 0.0408. The van der Waals surface area contributed by atoms with Crippen molar-refractivity contribution >= 4 is 11.6 Å². The van der Waals surface area contributed by atoms with Crippen LogP contribution < -0.4 is 10.2 Å². The summed E-state index contributed by atoms with van der Waals surface area (Å²) in [5.74, 6) is 0.382. The lowest BCUT2D eigenvalue weighted by atomic mass is 9.78. The van der Waals surface area contributed by atoms with Crippen molar-refractivity contribution in [2.75, 3.05) is 18.0 Å². The summed E-state index contributed by atoms with van der Waals surface area (Å²) in [5, 5.41) is 11.8. The van der Waals surface area contributed by atoms with Crippen LogP contribution in [0.15, 0.2) is 42.7 Å². The fraction of sp³-hybridized carbons (Fsp3) is 0.464. The number of carbonyl (C=O) groups is 1. The number of nitrogens with one attached hydrogen (secondary N) is 1. The number of hydrogen-bond donors (Lipinski definition) is 1. The molecule has 1 aliphatic carbocycles. The zero-order valence-corrected chi connectivity index (χ0v) is 21.6. The van der Waals surface area contributed by atoms with Gasteiger partial charge in [0.1, 0.15) is 6.33 Å². The molecule has 3 aromatic rings. The zero-order valence-electron chi connectivity index (χ0n) is 21.6. The third-order valence-electron chi connectivity index (χ3n) is 8.33. The summed E-state index contributed by atoms with van der Waals surface area (Å²) < 4.78 is 44.4. The summed E-state index contributed by atoms with van der Waals surface area (Å²) in [7, 11) is 1.89. The van der Waals surface area contributed by atoms with E-state index in [1.165, 1.54) is 11.0 Å². The number of aromatic nitrogens is 3. The van der Waals surface area contributed by atoms with Gasteiger partial charge in [0.25, 0.3) is 5.91 Å². The Morgan fingerprint density at radius 2 is 1.92 bits per heavy atom. The Morgan fingerprint density at radius 3 is 2.53 bits per heavy atom. The van der Waals surface area contributed by atoms with Gasteiger partial charge in [0.2, 0.25) is 0 Å². The summed E-state index contributed by atoms with van der Waals surface area (Å²) in [6.07, 6.45) is 1.31. The van der Waals surface area contributed by atoms with Gasteiger partial charge in [0.05, 0.1) is 18.2 Å². The average Bonchev–Trinajstić information content (AvgIpc) is 3.40. The molecule has 1 unspecified atom stereocenters. The number of aryl methyl sites for hydroxylation is 1. The number of benzene rings is 2. The monoisotopic (exact) mass is 524 g/mol. The number of likely N-dealkylation sites (tertiary alicyclic amines) is 1. The van der Waals surface area contributed by atoms with E-state index >= 15 is 0 Å². The lowest BCUT2D eigenvalue weighted by Crippen LogP contribution is -2.47. The number of fused-ring (bicyclic) bond motifs is 1. The standard InChI is InChI=1S/C28H31F3N6O/c1-27(8-4-9-27)32-15-18-12-21-22(23(13-18)28(29,30)31)16-37(26(21)38)20-7-3-6-19(14-20)24(36-10-5-11-36)25-34-33-17-35(25)2/h3,6-7,12-14,17,24,32H,4-5,8-11,15-16H2,1-2H3. The second-order valence-corrected chi connectivity index (χ2v) is 11.0. The molecule has 1 N–H and O–H groups in total. The molecule has 38 heavy (non-hydrogen) atoms. The number of amides is 1. The highest BCUT2D eigenvalue weighted by Crippen LogP contribution is 2.41. The highest BCUT2D eigenvalue weighted by molar-refractivity contribution is 6.10. The Bertz CT molecular complexity index is 1380. The van der Waals surface area contributed by atoms with E-state index in [1.807, 2.05) is 29.8 Å². The minimum Gasteiger partial charge on any atom is -0.319 e. The summed E-state index contributed by atoms with van der Waals surface area (Å²) in [6, 6.07) is 10.2. The van der Waals surface area contributed by atoms with Crippen molar-refractivity contribution in [3.8, 4) is 0 Å². The van der Waals surface area contributed by atoms with E-state index in [1.54, 1.807) is 18.5 Å². The van der Waals surface area contributed by atoms with E-state index in [9.17, 15) is 18.0 Å². The minimum atomic E-state index is -4.55. The molecule has 2 aliphatic heterocycles. The molecule has 1 amide bonds. The maximum Gasteiger partial charge on any atom is 0.416 e. The van der Waals surface area contributed by atoms with Crippen LogP contribution in [0.25, 0.3) is 0 Å².